The van der Waals surface area contributed by atoms with Crippen LogP contribution in [0.25, 0.3) is 0 Å². The standard InChI is InChI=1S/C16H20N2S/c1-11-3-5-13(6-4-11)16(14-7-8-14)18-10-15-17-9-12(2)19-15/h3-6,9,14,16,18H,7-8,10H2,1-2H3. The lowest BCUT2D eigenvalue weighted by molar-refractivity contribution is 0.479. The average molecular weight is 272 g/mol. The number of nitrogens with zero attached hydrogens (tertiary/aromatic N) is 1. The number of aryl methyl sites for hydroxylation is 2. The van der Waals surface area contributed by atoms with Crippen LogP contribution < -0.4 is 5.32 Å². The molecule has 100 valence electrons. The monoisotopic (exact) mass is 272 g/mol. The highest BCUT2D eigenvalue weighted by atomic mass is 32.1. The second kappa shape index (κ2) is 5.43. The van der Waals surface area contributed by atoms with Crippen molar-refractivity contribution < 1.29 is 0 Å². The molecule has 2 aromatic rings. The number of hydrogen-bond donors (Lipinski definition) is 1. The van der Waals surface area contributed by atoms with Gasteiger partial charge in [-0.1, -0.05) is 29.8 Å². The first-order valence-electron chi connectivity index (χ1n) is 6.93. The van der Waals surface area contributed by atoms with Crippen LogP contribution in [-0.4, -0.2) is 4.98 Å². The fourth-order valence-corrected chi connectivity index (χ4v) is 3.18. The van der Waals surface area contributed by atoms with Crippen LogP contribution in [0.4, 0.5) is 0 Å². The van der Waals surface area contributed by atoms with E-state index < -0.39 is 0 Å². The highest BCUT2D eigenvalue weighted by Crippen LogP contribution is 2.41. The Bertz CT molecular complexity index is 540. The van der Waals surface area contributed by atoms with Gasteiger partial charge in [-0.2, -0.15) is 0 Å². The number of aromatic nitrogens is 1. The summed E-state index contributed by atoms with van der Waals surface area (Å²) in [5.74, 6) is 0.809. The normalized spacial score (nSPS) is 16.5. The highest BCUT2D eigenvalue weighted by molar-refractivity contribution is 7.11. The summed E-state index contributed by atoms with van der Waals surface area (Å²) in [5, 5.41) is 4.89. The molecule has 0 aliphatic heterocycles. The van der Waals surface area contributed by atoms with Crippen LogP contribution in [0.5, 0.6) is 0 Å². The molecule has 0 bridgehead atoms. The molecule has 2 nitrogen and oxygen atoms in total. The maximum absolute atomic E-state index is 4.43. The number of hydrogen-bond acceptors (Lipinski definition) is 3. The van der Waals surface area contributed by atoms with E-state index in [1.54, 1.807) is 11.3 Å². The molecule has 1 aliphatic carbocycles. The molecule has 1 heterocycles. The Morgan fingerprint density at radius 3 is 2.58 bits per heavy atom. The van der Waals surface area contributed by atoms with E-state index in [0.717, 1.165) is 12.5 Å². The Balaban J connectivity index is 1.69. The molecule has 1 aromatic carbocycles. The first-order valence-corrected chi connectivity index (χ1v) is 7.75. The summed E-state index contributed by atoms with van der Waals surface area (Å²) in [4.78, 5) is 5.72. The number of nitrogens with one attached hydrogen (secondary N) is 1. The van der Waals surface area contributed by atoms with Crippen LogP contribution in [0.2, 0.25) is 0 Å². The van der Waals surface area contributed by atoms with E-state index in [-0.39, 0.29) is 0 Å². The van der Waals surface area contributed by atoms with Gasteiger partial charge in [0.25, 0.3) is 0 Å². The summed E-state index contributed by atoms with van der Waals surface area (Å²) < 4.78 is 0. The van der Waals surface area contributed by atoms with Crippen molar-refractivity contribution in [1.29, 1.82) is 0 Å². The van der Waals surface area contributed by atoms with Crippen molar-refractivity contribution in [2.45, 2.75) is 39.3 Å². The molecule has 0 spiro atoms. The lowest BCUT2D eigenvalue weighted by Gasteiger charge is -2.18. The average Bonchev–Trinajstić information content (AvgIpc) is 3.15. The van der Waals surface area contributed by atoms with Gasteiger partial charge >= 0.3 is 0 Å². The molecule has 0 saturated heterocycles. The van der Waals surface area contributed by atoms with Crippen molar-refractivity contribution >= 4 is 11.3 Å². The van der Waals surface area contributed by atoms with Crippen LogP contribution in [0.1, 0.15) is 39.9 Å². The van der Waals surface area contributed by atoms with Crippen molar-refractivity contribution in [3.63, 3.8) is 0 Å². The number of rotatable bonds is 5. The minimum Gasteiger partial charge on any atom is -0.303 e. The van der Waals surface area contributed by atoms with Crippen LogP contribution in [0.15, 0.2) is 30.5 Å². The fourth-order valence-electron chi connectivity index (χ4n) is 2.44. The van der Waals surface area contributed by atoms with Crippen molar-refractivity contribution in [2.75, 3.05) is 0 Å². The van der Waals surface area contributed by atoms with Crippen molar-refractivity contribution in [2.24, 2.45) is 5.92 Å². The van der Waals surface area contributed by atoms with Gasteiger partial charge in [-0.05, 0) is 38.2 Å². The second-order valence-corrected chi connectivity index (χ2v) is 6.79. The molecule has 3 rings (SSSR count). The smallest absolute Gasteiger partial charge is 0.107 e. The van der Waals surface area contributed by atoms with Gasteiger partial charge in [0.05, 0.1) is 0 Å². The van der Waals surface area contributed by atoms with Gasteiger partial charge in [-0.25, -0.2) is 4.98 Å². The lowest BCUT2D eigenvalue weighted by atomic mass is 10.0. The molecule has 1 aromatic heterocycles. The van der Waals surface area contributed by atoms with E-state index in [2.05, 4.69) is 48.4 Å². The van der Waals surface area contributed by atoms with Gasteiger partial charge in [-0.3, -0.25) is 0 Å². The molecule has 3 heteroatoms. The fraction of sp³-hybridized carbons (Fsp3) is 0.438. The van der Waals surface area contributed by atoms with Gasteiger partial charge in [0.15, 0.2) is 0 Å². The molecular formula is C16H20N2S. The van der Waals surface area contributed by atoms with Crippen molar-refractivity contribution in [3.8, 4) is 0 Å². The molecule has 1 N–H and O–H groups in total. The Hall–Kier alpha value is -1.19. The molecule has 1 atom stereocenters. The zero-order chi connectivity index (χ0) is 13.2. The summed E-state index contributed by atoms with van der Waals surface area (Å²) in [6.07, 6.45) is 4.66. The third kappa shape index (κ3) is 3.23. The van der Waals surface area contributed by atoms with Crippen molar-refractivity contribution in [1.82, 2.24) is 10.3 Å². The zero-order valence-electron chi connectivity index (χ0n) is 11.5. The predicted molar refractivity (Wildman–Crippen MR) is 80.3 cm³/mol. The SMILES string of the molecule is Cc1ccc(C(NCc2ncc(C)s2)C2CC2)cc1. The van der Waals surface area contributed by atoms with Crippen LogP contribution in [0, 0.1) is 19.8 Å². The van der Waals surface area contributed by atoms with Gasteiger partial charge in [0.1, 0.15) is 5.01 Å². The van der Waals surface area contributed by atoms with E-state index >= 15 is 0 Å². The van der Waals surface area contributed by atoms with Crippen molar-refractivity contribution in [3.05, 3.63) is 51.5 Å². The highest BCUT2D eigenvalue weighted by Gasteiger charge is 2.31. The third-order valence-corrected chi connectivity index (χ3v) is 4.58. The molecule has 1 aliphatic rings. The van der Waals surface area contributed by atoms with E-state index in [9.17, 15) is 0 Å². The maximum atomic E-state index is 4.43. The first kappa shape index (κ1) is 12.8. The van der Waals surface area contributed by atoms with Crippen LogP contribution >= 0.6 is 11.3 Å². The summed E-state index contributed by atoms with van der Waals surface area (Å²) in [6.45, 7) is 5.13. The van der Waals surface area contributed by atoms with Gasteiger partial charge < -0.3 is 5.32 Å². The summed E-state index contributed by atoms with van der Waals surface area (Å²) in [6, 6.07) is 9.43. The molecular weight excluding hydrogens is 252 g/mol. The lowest BCUT2D eigenvalue weighted by Crippen LogP contribution is -2.22. The summed E-state index contributed by atoms with van der Waals surface area (Å²) in [7, 11) is 0. The van der Waals surface area contributed by atoms with Gasteiger partial charge in [0.2, 0.25) is 0 Å². The first-order chi connectivity index (χ1) is 9.22. The van der Waals surface area contributed by atoms with E-state index in [0.29, 0.717) is 6.04 Å². The topological polar surface area (TPSA) is 24.9 Å². The molecule has 0 radical (unpaired) electrons. The minimum atomic E-state index is 0.491. The number of thiazole rings is 1. The Kier molecular flexibility index (Phi) is 3.67. The van der Waals surface area contributed by atoms with Gasteiger partial charge in [-0.15, -0.1) is 11.3 Å². The third-order valence-electron chi connectivity index (χ3n) is 3.67. The largest absolute Gasteiger partial charge is 0.303 e. The Morgan fingerprint density at radius 2 is 2.00 bits per heavy atom. The predicted octanol–water partition coefficient (Wildman–Crippen LogP) is 4.00. The Morgan fingerprint density at radius 1 is 1.26 bits per heavy atom. The molecule has 1 saturated carbocycles. The second-order valence-electron chi connectivity index (χ2n) is 5.47. The zero-order valence-corrected chi connectivity index (χ0v) is 12.3. The summed E-state index contributed by atoms with van der Waals surface area (Å²) in [5.41, 5.74) is 2.75. The summed E-state index contributed by atoms with van der Waals surface area (Å²) >= 11 is 1.79. The molecule has 1 unspecified atom stereocenters. The quantitative estimate of drug-likeness (QED) is 0.890. The van der Waals surface area contributed by atoms with Crippen LogP contribution in [-0.2, 0) is 6.54 Å². The van der Waals surface area contributed by atoms with E-state index in [4.69, 9.17) is 0 Å². The Labute approximate surface area is 118 Å². The van der Waals surface area contributed by atoms with Crippen LogP contribution in [0.3, 0.4) is 0 Å². The minimum absolute atomic E-state index is 0.491. The van der Waals surface area contributed by atoms with Gasteiger partial charge in [0, 0.05) is 23.7 Å². The number of benzene rings is 1. The van der Waals surface area contributed by atoms with E-state index in [1.807, 2.05) is 6.20 Å². The molecule has 1 fully saturated rings. The molecule has 19 heavy (non-hydrogen) atoms. The maximum Gasteiger partial charge on any atom is 0.107 e. The van der Waals surface area contributed by atoms with E-state index in [1.165, 1.54) is 33.9 Å². The molecule has 0 amide bonds.